The lowest BCUT2D eigenvalue weighted by Gasteiger charge is -2.19. The van der Waals surface area contributed by atoms with Gasteiger partial charge in [-0.3, -0.25) is 5.01 Å². The number of ether oxygens (including phenoxy) is 1. The lowest BCUT2D eigenvalue weighted by atomic mass is 10.1. The van der Waals surface area contributed by atoms with Crippen LogP contribution in [-0.4, -0.2) is 12.2 Å². The van der Waals surface area contributed by atoms with Gasteiger partial charge < -0.3 is 9.15 Å². The van der Waals surface area contributed by atoms with Crippen LogP contribution in [0.25, 0.3) is 11.3 Å². The molecule has 188 valence electrons. The summed E-state index contributed by atoms with van der Waals surface area (Å²) in [5, 5.41) is 7.19. The number of nitrogens with zero attached hydrogens (tertiary/aromatic N) is 2. The van der Waals surface area contributed by atoms with Gasteiger partial charge in [-0.25, -0.2) is 4.79 Å². The maximum atomic E-state index is 12.7. The molecule has 0 atom stereocenters. The summed E-state index contributed by atoms with van der Waals surface area (Å²) < 4.78 is 11.5. The van der Waals surface area contributed by atoms with E-state index in [-0.39, 0.29) is 6.61 Å². The van der Waals surface area contributed by atoms with Gasteiger partial charge in [-0.15, -0.1) is 0 Å². The summed E-state index contributed by atoms with van der Waals surface area (Å²) in [6.07, 6.45) is 1.70. The van der Waals surface area contributed by atoms with Crippen molar-refractivity contribution in [3.05, 3.63) is 149 Å². The molecule has 5 nitrogen and oxygen atoms in total. The first-order valence-corrected chi connectivity index (χ1v) is 12.5. The molecule has 1 heterocycles. The third-order valence-electron chi connectivity index (χ3n) is 5.88. The van der Waals surface area contributed by atoms with Crippen molar-refractivity contribution in [3.8, 4) is 11.3 Å². The topological polar surface area (TPSA) is 55.0 Å². The summed E-state index contributed by atoms with van der Waals surface area (Å²) >= 11 is 6.16. The largest absolute Gasteiger partial charge is 0.457 e. The molecule has 0 saturated carbocycles. The molecule has 6 heteroatoms. The quantitative estimate of drug-likeness (QED) is 0.112. The van der Waals surface area contributed by atoms with Crippen molar-refractivity contribution >= 4 is 29.5 Å². The summed E-state index contributed by atoms with van der Waals surface area (Å²) in [7, 11) is 0. The van der Waals surface area contributed by atoms with Crippen LogP contribution in [0.2, 0.25) is 5.02 Å². The van der Waals surface area contributed by atoms with Crippen LogP contribution in [0.4, 0.5) is 5.69 Å². The molecule has 0 radical (unpaired) electrons. The standard InChI is InChI=1S/C32H25ClN2O3/c33-30-17-8-7-12-27(30)23-37-32(36)26-14-9-13-25(20-26)31-19-18-29(38-31)21-34-35(28-15-5-2-6-16-28)22-24-10-3-1-4-11-24/h1-21H,22-23H2. The van der Waals surface area contributed by atoms with Gasteiger partial charge in [0.05, 0.1) is 24.0 Å². The molecule has 0 aliphatic carbocycles. The van der Waals surface area contributed by atoms with Gasteiger partial charge in [0.25, 0.3) is 0 Å². The normalized spacial score (nSPS) is 11.0. The number of rotatable bonds is 9. The van der Waals surface area contributed by atoms with Crippen LogP contribution in [-0.2, 0) is 17.9 Å². The van der Waals surface area contributed by atoms with E-state index in [2.05, 4.69) is 12.1 Å². The monoisotopic (exact) mass is 520 g/mol. The predicted molar refractivity (Wildman–Crippen MR) is 151 cm³/mol. The maximum Gasteiger partial charge on any atom is 0.338 e. The number of para-hydroxylation sites is 1. The Balaban J connectivity index is 1.29. The third kappa shape index (κ3) is 6.38. The Hall–Kier alpha value is -4.61. The average Bonchev–Trinajstić information content (AvgIpc) is 3.45. The number of halogens is 1. The van der Waals surface area contributed by atoms with Crippen LogP contribution >= 0.6 is 11.6 Å². The van der Waals surface area contributed by atoms with E-state index in [1.807, 2.05) is 89.9 Å². The number of carbonyl (C=O) groups excluding carboxylic acids is 1. The highest BCUT2D eigenvalue weighted by molar-refractivity contribution is 6.31. The van der Waals surface area contributed by atoms with Gasteiger partial charge in [0.1, 0.15) is 18.1 Å². The van der Waals surface area contributed by atoms with Crippen molar-refractivity contribution in [1.29, 1.82) is 0 Å². The second-order valence-electron chi connectivity index (χ2n) is 8.57. The van der Waals surface area contributed by atoms with Crippen molar-refractivity contribution in [1.82, 2.24) is 0 Å². The van der Waals surface area contributed by atoms with Crippen LogP contribution in [0, 0.1) is 0 Å². The average molecular weight is 521 g/mol. The molecule has 0 amide bonds. The zero-order valence-electron chi connectivity index (χ0n) is 20.5. The molecule has 4 aromatic carbocycles. The molecule has 0 fully saturated rings. The Bertz CT molecular complexity index is 1530. The predicted octanol–water partition coefficient (Wildman–Crippen LogP) is 8.00. The molecule has 0 unspecified atom stereocenters. The molecule has 5 aromatic rings. The van der Waals surface area contributed by atoms with Crippen LogP contribution in [0.5, 0.6) is 0 Å². The summed E-state index contributed by atoms with van der Waals surface area (Å²) in [6.45, 7) is 0.720. The fraction of sp³-hybridized carbons (Fsp3) is 0.0625. The van der Waals surface area contributed by atoms with E-state index in [9.17, 15) is 4.79 Å². The first-order chi connectivity index (χ1) is 18.7. The summed E-state index contributed by atoms with van der Waals surface area (Å²) in [6, 6.07) is 38.3. The molecular weight excluding hydrogens is 496 g/mol. The van der Waals surface area contributed by atoms with Gasteiger partial charge in [-0.2, -0.15) is 5.10 Å². The number of benzene rings is 4. The van der Waals surface area contributed by atoms with Gasteiger partial charge in [0, 0.05) is 16.1 Å². The number of carbonyl (C=O) groups is 1. The minimum atomic E-state index is -0.431. The highest BCUT2D eigenvalue weighted by Gasteiger charge is 2.12. The Morgan fingerprint density at radius 3 is 2.37 bits per heavy atom. The number of furan rings is 1. The van der Waals surface area contributed by atoms with E-state index < -0.39 is 5.97 Å². The molecular formula is C32H25ClN2O3. The van der Waals surface area contributed by atoms with Crippen LogP contribution in [0.1, 0.15) is 27.2 Å². The zero-order valence-corrected chi connectivity index (χ0v) is 21.3. The van der Waals surface area contributed by atoms with Gasteiger partial charge in [-0.05, 0) is 48.0 Å². The summed E-state index contributed by atoms with van der Waals surface area (Å²) in [5.74, 6) is 0.793. The molecule has 0 N–H and O–H groups in total. The number of hydrogen-bond acceptors (Lipinski definition) is 5. The minimum absolute atomic E-state index is 0.102. The third-order valence-corrected chi connectivity index (χ3v) is 6.25. The number of hydrazone groups is 1. The van der Waals surface area contributed by atoms with Crippen molar-refractivity contribution in [2.24, 2.45) is 5.10 Å². The second kappa shape index (κ2) is 12.1. The lowest BCUT2D eigenvalue weighted by molar-refractivity contribution is 0.0473. The molecule has 1 aromatic heterocycles. The molecule has 0 saturated heterocycles. The van der Waals surface area contributed by atoms with Crippen molar-refractivity contribution < 1.29 is 13.9 Å². The second-order valence-corrected chi connectivity index (χ2v) is 8.98. The number of hydrogen-bond donors (Lipinski definition) is 0. The Morgan fingerprint density at radius 1 is 0.842 bits per heavy atom. The smallest absolute Gasteiger partial charge is 0.338 e. The van der Waals surface area contributed by atoms with Crippen molar-refractivity contribution in [2.45, 2.75) is 13.2 Å². The van der Waals surface area contributed by atoms with Crippen LogP contribution in [0.3, 0.4) is 0 Å². The number of esters is 1. The molecule has 5 rings (SSSR count). The maximum absolute atomic E-state index is 12.7. The fourth-order valence-electron chi connectivity index (χ4n) is 3.90. The van der Waals surface area contributed by atoms with Crippen molar-refractivity contribution in [3.63, 3.8) is 0 Å². The summed E-state index contributed by atoms with van der Waals surface area (Å²) in [4.78, 5) is 12.7. The van der Waals surface area contributed by atoms with Crippen LogP contribution in [0.15, 0.2) is 131 Å². The molecule has 0 spiro atoms. The molecule has 0 aliphatic rings. The molecule has 0 aliphatic heterocycles. The fourth-order valence-corrected chi connectivity index (χ4v) is 4.09. The van der Waals surface area contributed by atoms with Gasteiger partial charge in [-0.1, -0.05) is 90.5 Å². The first-order valence-electron chi connectivity index (χ1n) is 12.2. The molecule has 38 heavy (non-hydrogen) atoms. The van der Waals surface area contributed by atoms with E-state index in [1.165, 1.54) is 0 Å². The SMILES string of the molecule is O=C(OCc1ccccc1Cl)c1cccc(-c2ccc(C=NN(Cc3ccccc3)c3ccccc3)o2)c1. The van der Waals surface area contributed by atoms with E-state index in [0.717, 1.165) is 22.4 Å². The Kier molecular flexibility index (Phi) is 7.97. The van der Waals surface area contributed by atoms with Crippen LogP contribution < -0.4 is 5.01 Å². The lowest BCUT2D eigenvalue weighted by Crippen LogP contribution is -2.15. The molecule has 0 bridgehead atoms. The van der Waals surface area contributed by atoms with E-state index in [0.29, 0.717) is 28.7 Å². The Labute approximate surface area is 226 Å². The van der Waals surface area contributed by atoms with E-state index >= 15 is 0 Å². The minimum Gasteiger partial charge on any atom is -0.457 e. The van der Waals surface area contributed by atoms with Gasteiger partial charge >= 0.3 is 5.97 Å². The van der Waals surface area contributed by atoms with Crippen molar-refractivity contribution in [2.75, 3.05) is 5.01 Å². The van der Waals surface area contributed by atoms with E-state index in [1.54, 1.807) is 30.5 Å². The van der Waals surface area contributed by atoms with Gasteiger partial charge in [0.2, 0.25) is 0 Å². The Morgan fingerprint density at radius 2 is 1.58 bits per heavy atom. The number of anilines is 1. The zero-order chi connectivity index (χ0) is 26.2. The summed E-state index contributed by atoms with van der Waals surface area (Å²) in [5.41, 5.74) is 4.07. The first kappa shape index (κ1) is 25.1. The van der Waals surface area contributed by atoms with E-state index in [4.69, 9.17) is 25.9 Å². The highest BCUT2D eigenvalue weighted by Crippen LogP contribution is 2.24. The highest BCUT2D eigenvalue weighted by atomic mass is 35.5. The van der Waals surface area contributed by atoms with Gasteiger partial charge in [0.15, 0.2) is 0 Å².